The van der Waals surface area contributed by atoms with Crippen molar-refractivity contribution < 1.29 is 13.2 Å². The number of hydrogen-bond acceptors (Lipinski definition) is 2. The van der Waals surface area contributed by atoms with Crippen molar-refractivity contribution in [3.05, 3.63) is 47.9 Å². The molecule has 0 unspecified atom stereocenters. The summed E-state index contributed by atoms with van der Waals surface area (Å²) >= 11 is 0. The van der Waals surface area contributed by atoms with E-state index in [4.69, 9.17) is 5.73 Å². The predicted molar refractivity (Wildman–Crippen MR) is 78.4 cm³/mol. The summed E-state index contributed by atoms with van der Waals surface area (Å²) < 4.78 is 38.2. The Morgan fingerprint density at radius 1 is 1.25 bits per heavy atom. The molecule has 0 saturated carbocycles. The molecule has 0 spiro atoms. The van der Waals surface area contributed by atoms with Crippen molar-refractivity contribution in [1.82, 2.24) is 0 Å². The Hall–Kier alpha value is -1.78. The second-order valence-electron chi connectivity index (χ2n) is 4.35. The second kappa shape index (κ2) is 8.40. The van der Waals surface area contributed by atoms with Crippen LogP contribution >= 0.6 is 0 Å². The van der Waals surface area contributed by atoms with Gasteiger partial charge in [-0.05, 0) is 25.8 Å². The van der Waals surface area contributed by atoms with Crippen molar-refractivity contribution in [3.63, 3.8) is 0 Å². The second-order valence-corrected chi connectivity index (χ2v) is 4.35. The fourth-order valence-corrected chi connectivity index (χ4v) is 1.39. The van der Waals surface area contributed by atoms with Crippen molar-refractivity contribution in [2.45, 2.75) is 39.8 Å². The maximum absolute atomic E-state index is 12.7. The van der Waals surface area contributed by atoms with Crippen molar-refractivity contribution in [3.8, 4) is 0 Å². The Balaban J connectivity index is 5.38. The van der Waals surface area contributed by atoms with Gasteiger partial charge in [-0.1, -0.05) is 38.2 Å². The Kier molecular flexibility index (Phi) is 7.65. The molecule has 20 heavy (non-hydrogen) atoms. The van der Waals surface area contributed by atoms with Crippen molar-refractivity contribution in [2.75, 3.05) is 0 Å². The maximum atomic E-state index is 12.7. The first kappa shape index (κ1) is 18.2. The van der Waals surface area contributed by atoms with Gasteiger partial charge in [0, 0.05) is 23.2 Å². The number of rotatable bonds is 6. The first-order chi connectivity index (χ1) is 9.22. The molecule has 0 rings (SSSR count). The minimum absolute atomic E-state index is 0.0115. The molecule has 0 heterocycles. The van der Waals surface area contributed by atoms with Crippen LogP contribution in [0.3, 0.4) is 0 Å². The van der Waals surface area contributed by atoms with E-state index in [0.29, 0.717) is 23.4 Å². The summed E-state index contributed by atoms with van der Waals surface area (Å²) in [4.78, 5) is 4.06. The van der Waals surface area contributed by atoms with Gasteiger partial charge in [0.15, 0.2) is 0 Å². The number of halogens is 3. The van der Waals surface area contributed by atoms with Crippen LogP contribution < -0.4 is 5.73 Å². The standard InChI is InChI=1S/C15H21F3N2/c1-5-7-14(15(16,17)18)9-8-13(6-2)12(4)20-10-11(3)19/h6,8-10H,2,5,7,19H2,1,3-4H3/b11-10+,13-8+,14-9+,20-12+. The van der Waals surface area contributed by atoms with Gasteiger partial charge in [-0.3, -0.25) is 4.99 Å². The first-order valence-corrected chi connectivity index (χ1v) is 6.29. The van der Waals surface area contributed by atoms with Crippen LogP contribution in [0.2, 0.25) is 0 Å². The molecular weight excluding hydrogens is 265 g/mol. The summed E-state index contributed by atoms with van der Waals surface area (Å²) in [5.74, 6) is 0. The zero-order chi connectivity index (χ0) is 15.8. The van der Waals surface area contributed by atoms with Gasteiger partial charge in [0.2, 0.25) is 0 Å². The van der Waals surface area contributed by atoms with Gasteiger partial charge in [-0.15, -0.1) is 0 Å². The van der Waals surface area contributed by atoms with Crippen molar-refractivity contribution in [2.24, 2.45) is 10.7 Å². The fourth-order valence-electron chi connectivity index (χ4n) is 1.39. The average molecular weight is 286 g/mol. The zero-order valence-corrected chi connectivity index (χ0v) is 12.1. The van der Waals surface area contributed by atoms with E-state index in [2.05, 4.69) is 11.6 Å². The molecule has 2 nitrogen and oxygen atoms in total. The fraction of sp³-hybridized carbons (Fsp3) is 0.400. The highest BCUT2D eigenvalue weighted by molar-refractivity contribution is 6.01. The lowest BCUT2D eigenvalue weighted by Crippen LogP contribution is -2.11. The molecular formula is C15H21F3N2. The summed E-state index contributed by atoms with van der Waals surface area (Å²) in [5, 5.41) is 0. The first-order valence-electron chi connectivity index (χ1n) is 6.29. The summed E-state index contributed by atoms with van der Waals surface area (Å²) in [5.41, 5.74) is 6.49. The molecule has 0 amide bonds. The van der Waals surface area contributed by atoms with Crippen LogP contribution in [0, 0.1) is 0 Å². The molecule has 0 radical (unpaired) electrons. The quantitative estimate of drug-likeness (QED) is 0.559. The lowest BCUT2D eigenvalue weighted by atomic mass is 10.1. The predicted octanol–water partition coefficient (Wildman–Crippen LogP) is 4.67. The van der Waals surface area contributed by atoms with E-state index in [1.54, 1.807) is 20.8 Å². The summed E-state index contributed by atoms with van der Waals surface area (Å²) in [6.07, 6.45) is 1.50. The summed E-state index contributed by atoms with van der Waals surface area (Å²) in [6.45, 7) is 8.66. The van der Waals surface area contributed by atoms with E-state index >= 15 is 0 Å². The van der Waals surface area contributed by atoms with Crippen LogP contribution in [0.5, 0.6) is 0 Å². The number of nitrogens with zero attached hydrogens (tertiary/aromatic N) is 1. The SMILES string of the molecule is C=CC(=C\C=C(/CCC)C(F)(F)F)/C(C)=N/C=C(\C)N. The van der Waals surface area contributed by atoms with Gasteiger partial charge in [-0.25, -0.2) is 0 Å². The van der Waals surface area contributed by atoms with Crippen LogP contribution in [-0.2, 0) is 0 Å². The van der Waals surface area contributed by atoms with Crippen LogP contribution in [-0.4, -0.2) is 11.9 Å². The Morgan fingerprint density at radius 3 is 2.25 bits per heavy atom. The van der Waals surface area contributed by atoms with Gasteiger partial charge in [-0.2, -0.15) is 13.2 Å². The molecule has 0 fully saturated rings. The van der Waals surface area contributed by atoms with Crippen molar-refractivity contribution >= 4 is 5.71 Å². The largest absolute Gasteiger partial charge is 0.412 e. The van der Waals surface area contributed by atoms with Gasteiger partial charge < -0.3 is 5.73 Å². The third-order valence-electron chi connectivity index (χ3n) is 2.45. The lowest BCUT2D eigenvalue weighted by Gasteiger charge is -2.10. The van der Waals surface area contributed by atoms with Gasteiger partial charge in [0.25, 0.3) is 0 Å². The molecule has 0 atom stereocenters. The number of allylic oxidation sites excluding steroid dienone is 6. The average Bonchev–Trinajstić information content (AvgIpc) is 2.34. The van der Waals surface area contributed by atoms with Crippen LogP contribution in [0.1, 0.15) is 33.6 Å². The van der Waals surface area contributed by atoms with Gasteiger partial charge >= 0.3 is 6.18 Å². The highest BCUT2D eigenvalue weighted by Gasteiger charge is 2.31. The summed E-state index contributed by atoms with van der Waals surface area (Å²) in [7, 11) is 0. The minimum Gasteiger partial charge on any atom is -0.401 e. The minimum atomic E-state index is -4.31. The third kappa shape index (κ3) is 6.97. The maximum Gasteiger partial charge on any atom is 0.412 e. The van der Waals surface area contributed by atoms with E-state index in [0.717, 1.165) is 6.08 Å². The zero-order valence-electron chi connectivity index (χ0n) is 12.1. The number of hydrogen-bond donors (Lipinski definition) is 1. The molecule has 5 heteroatoms. The molecule has 0 bridgehead atoms. The van der Waals surface area contributed by atoms with Crippen LogP contribution in [0.25, 0.3) is 0 Å². The normalized spacial score (nSPS) is 15.5. The van der Waals surface area contributed by atoms with Gasteiger partial charge in [0.05, 0.1) is 0 Å². The Labute approximate surface area is 118 Å². The van der Waals surface area contributed by atoms with Crippen LogP contribution in [0.4, 0.5) is 13.2 Å². The molecule has 0 aromatic rings. The molecule has 0 aromatic heterocycles. The molecule has 0 aromatic carbocycles. The highest BCUT2D eigenvalue weighted by Crippen LogP contribution is 2.29. The molecule has 0 saturated heterocycles. The molecule has 0 aliphatic heterocycles. The molecule has 112 valence electrons. The van der Waals surface area contributed by atoms with E-state index in [1.165, 1.54) is 18.4 Å². The Morgan fingerprint density at radius 2 is 1.85 bits per heavy atom. The number of nitrogens with two attached hydrogens (primary N) is 1. The molecule has 0 aliphatic rings. The molecule has 0 aliphatic carbocycles. The number of aliphatic imine (C=N–C) groups is 1. The van der Waals surface area contributed by atoms with E-state index in [9.17, 15) is 13.2 Å². The highest BCUT2D eigenvalue weighted by atomic mass is 19.4. The van der Waals surface area contributed by atoms with E-state index in [-0.39, 0.29) is 6.42 Å². The van der Waals surface area contributed by atoms with E-state index in [1.807, 2.05) is 0 Å². The monoisotopic (exact) mass is 286 g/mol. The third-order valence-corrected chi connectivity index (χ3v) is 2.45. The van der Waals surface area contributed by atoms with E-state index < -0.39 is 11.7 Å². The smallest absolute Gasteiger partial charge is 0.401 e. The van der Waals surface area contributed by atoms with Crippen molar-refractivity contribution in [1.29, 1.82) is 0 Å². The van der Waals surface area contributed by atoms with Gasteiger partial charge in [0.1, 0.15) is 0 Å². The molecule has 2 N–H and O–H groups in total. The number of alkyl halides is 3. The Bertz CT molecular complexity index is 448. The van der Waals surface area contributed by atoms with Crippen LogP contribution in [0.15, 0.2) is 52.8 Å². The lowest BCUT2D eigenvalue weighted by molar-refractivity contribution is -0.0940. The topological polar surface area (TPSA) is 38.4 Å². The summed E-state index contributed by atoms with van der Waals surface area (Å²) in [6, 6.07) is 0.